The summed E-state index contributed by atoms with van der Waals surface area (Å²) in [6, 6.07) is 57.0. The number of fused-ring (bicyclic) bond motifs is 3. The second kappa shape index (κ2) is 11.2. The van der Waals surface area contributed by atoms with Crippen LogP contribution < -0.4 is 0 Å². The van der Waals surface area contributed by atoms with Crippen LogP contribution in [0.2, 0.25) is 0 Å². The highest BCUT2D eigenvalue weighted by atomic mass is 14.6. The summed E-state index contributed by atoms with van der Waals surface area (Å²) < 4.78 is 0. The predicted octanol–water partition coefficient (Wildman–Crippen LogP) is 13.4. The lowest BCUT2D eigenvalue weighted by Gasteiger charge is -2.23. The molecule has 0 radical (unpaired) electrons. The highest BCUT2D eigenvalue weighted by molar-refractivity contribution is 6.28. The standard InChI is InChI=1S/C50H37N/c1-50(2,3)38-27-35-21-23-43-45(32-19-17-31(18-20-32)37-12-9-25-51-30-37)29-46(44-24-22-36(28-38)47(35)49(43)44)33-10-8-11-34(26-33)48-41-15-6-4-13-39(41)40-14-5-7-16-42(40)48/h4-30,48H,1-3H3. The molecule has 0 spiro atoms. The Morgan fingerprint density at radius 3 is 1.69 bits per heavy atom. The second-order valence-electron chi connectivity index (χ2n) is 15.2. The molecule has 1 aliphatic rings. The molecule has 10 rings (SSSR count). The minimum atomic E-state index is 0.0642. The quantitative estimate of drug-likeness (QED) is 0.173. The van der Waals surface area contributed by atoms with E-state index in [9.17, 15) is 0 Å². The number of hydrogen-bond donors (Lipinski definition) is 0. The van der Waals surface area contributed by atoms with Gasteiger partial charge in [0.2, 0.25) is 0 Å². The third kappa shape index (κ3) is 4.72. The van der Waals surface area contributed by atoms with Crippen molar-refractivity contribution >= 4 is 32.3 Å². The zero-order valence-corrected chi connectivity index (χ0v) is 29.1. The molecule has 9 aromatic rings. The Labute approximate surface area is 299 Å². The first-order chi connectivity index (χ1) is 24.9. The van der Waals surface area contributed by atoms with Crippen LogP contribution in [0.15, 0.2) is 164 Å². The molecule has 0 saturated carbocycles. The molecule has 0 amide bonds. The maximum absolute atomic E-state index is 4.36. The van der Waals surface area contributed by atoms with E-state index in [4.69, 9.17) is 0 Å². The number of pyridine rings is 1. The van der Waals surface area contributed by atoms with Gasteiger partial charge in [-0.05, 0) is 117 Å². The van der Waals surface area contributed by atoms with Gasteiger partial charge in [0.1, 0.15) is 0 Å². The molecular formula is C50H37N. The number of benzene rings is 8. The lowest BCUT2D eigenvalue weighted by atomic mass is 9.81. The van der Waals surface area contributed by atoms with E-state index in [1.165, 1.54) is 93.5 Å². The number of nitrogens with zero attached hydrogens (tertiary/aromatic N) is 1. The summed E-state index contributed by atoms with van der Waals surface area (Å²) in [6.45, 7) is 6.91. The van der Waals surface area contributed by atoms with Crippen LogP contribution in [0.3, 0.4) is 0 Å². The van der Waals surface area contributed by atoms with Crippen LogP contribution in [0.25, 0.3) is 76.8 Å². The molecule has 1 aromatic heterocycles. The maximum atomic E-state index is 4.36. The Balaban J connectivity index is 1.22. The molecule has 242 valence electrons. The van der Waals surface area contributed by atoms with E-state index >= 15 is 0 Å². The zero-order valence-electron chi connectivity index (χ0n) is 29.1. The van der Waals surface area contributed by atoms with Gasteiger partial charge in [-0.3, -0.25) is 4.98 Å². The van der Waals surface area contributed by atoms with Crippen molar-refractivity contribution in [3.63, 3.8) is 0 Å². The van der Waals surface area contributed by atoms with Crippen molar-refractivity contribution in [2.75, 3.05) is 0 Å². The van der Waals surface area contributed by atoms with Crippen LogP contribution in [-0.2, 0) is 5.41 Å². The summed E-state index contributed by atoms with van der Waals surface area (Å²) in [5, 5.41) is 7.89. The zero-order chi connectivity index (χ0) is 34.3. The fourth-order valence-corrected chi connectivity index (χ4v) is 8.60. The van der Waals surface area contributed by atoms with Crippen LogP contribution in [-0.4, -0.2) is 4.98 Å². The lowest BCUT2D eigenvalue weighted by Crippen LogP contribution is -2.10. The van der Waals surface area contributed by atoms with E-state index in [1.54, 1.807) is 0 Å². The van der Waals surface area contributed by atoms with Crippen molar-refractivity contribution in [3.05, 3.63) is 186 Å². The molecule has 8 aromatic carbocycles. The van der Waals surface area contributed by atoms with Crippen LogP contribution in [0.1, 0.15) is 48.9 Å². The smallest absolute Gasteiger partial charge is 0.0352 e. The average Bonchev–Trinajstić information content (AvgIpc) is 3.51. The number of hydrogen-bond acceptors (Lipinski definition) is 1. The monoisotopic (exact) mass is 651 g/mol. The van der Waals surface area contributed by atoms with E-state index < -0.39 is 0 Å². The van der Waals surface area contributed by atoms with Gasteiger partial charge in [-0.15, -0.1) is 0 Å². The van der Waals surface area contributed by atoms with Gasteiger partial charge in [-0.2, -0.15) is 0 Å². The van der Waals surface area contributed by atoms with Crippen molar-refractivity contribution < 1.29 is 0 Å². The van der Waals surface area contributed by atoms with Crippen molar-refractivity contribution in [1.29, 1.82) is 0 Å². The molecule has 0 saturated heterocycles. The third-order valence-electron chi connectivity index (χ3n) is 11.1. The van der Waals surface area contributed by atoms with E-state index in [2.05, 4.69) is 171 Å². The Morgan fingerprint density at radius 2 is 1.06 bits per heavy atom. The van der Waals surface area contributed by atoms with Gasteiger partial charge >= 0.3 is 0 Å². The average molecular weight is 652 g/mol. The first-order valence-electron chi connectivity index (χ1n) is 18.0. The van der Waals surface area contributed by atoms with Crippen molar-refractivity contribution in [3.8, 4) is 44.5 Å². The van der Waals surface area contributed by atoms with E-state index in [-0.39, 0.29) is 11.3 Å². The molecule has 51 heavy (non-hydrogen) atoms. The topological polar surface area (TPSA) is 12.9 Å². The molecule has 1 nitrogen and oxygen atoms in total. The molecule has 0 atom stereocenters. The summed E-state index contributed by atoms with van der Waals surface area (Å²) in [5.74, 6) is 0.201. The number of aromatic nitrogens is 1. The van der Waals surface area contributed by atoms with Gasteiger partial charge in [0.15, 0.2) is 0 Å². The Hall–Kier alpha value is -6.05. The summed E-state index contributed by atoms with van der Waals surface area (Å²) >= 11 is 0. The first kappa shape index (κ1) is 29.8. The van der Waals surface area contributed by atoms with E-state index in [1.807, 2.05) is 18.5 Å². The maximum Gasteiger partial charge on any atom is 0.0352 e. The van der Waals surface area contributed by atoms with Crippen LogP contribution in [0, 0.1) is 0 Å². The molecule has 1 heterocycles. The van der Waals surface area contributed by atoms with Gasteiger partial charge in [0, 0.05) is 18.3 Å². The van der Waals surface area contributed by atoms with E-state index in [0.717, 1.165) is 5.56 Å². The molecule has 0 aliphatic heterocycles. The summed E-state index contributed by atoms with van der Waals surface area (Å²) in [7, 11) is 0. The van der Waals surface area contributed by atoms with Gasteiger partial charge in [0.25, 0.3) is 0 Å². The van der Waals surface area contributed by atoms with E-state index in [0.29, 0.717) is 0 Å². The summed E-state index contributed by atoms with van der Waals surface area (Å²) in [6.07, 6.45) is 3.76. The highest BCUT2D eigenvalue weighted by Gasteiger charge is 2.29. The minimum Gasteiger partial charge on any atom is -0.264 e. The predicted molar refractivity (Wildman–Crippen MR) is 216 cm³/mol. The Morgan fingerprint density at radius 1 is 0.451 bits per heavy atom. The van der Waals surface area contributed by atoms with Gasteiger partial charge < -0.3 is 0 Å². The molecule has 1 heteroatoms. The second-order valence-corrected chi connectivity index (χ2v) is 15.2. The largest absolute Gasteiger partial charge is 0.264 e. The van der Waals surface area contributed by atoms with Gasteiger partial charge in [-0.1, -0.05) is 160 Å². The fraction of sp³-hybridized carbons (Fsp3) is 0.100. The van der Waals surface area contributed by atoms with Gasteiger partial charge in [0.05, 0.1) is 0 Å². The fourth-order valence-electron chi connectivity index (χ4n) is 8.60. The van der Waals surface area contributed by atoms with Crippen LogP contribution >= 0.6 is 0 Å². The lowest BCUT2D eigenvalue weighted by molar-refractivity contribution is 0.591. The molecular weight excluding hydrogens is 615 g/mol. The molecule has 1 aliphatic carbocycles. The molecule has 0 N–H and O–H groups in total. The third-order valence-corrected chi connectivity index (χ3v) is 11.1. The normalized spacial score (nSPS) is 12.9. The molecule has 0 fully saturated rings. The highest BCUT2D eigenvalue weighted by Crippen LogP contribution is 2.49. The van der Waals surface area contributed by atoms with Crippen LogP contribution in [0.4, 0.5) is 0 Å². The van der Waals surface area contributed by atoms with Gasteiger partial charge in [-0.25, -0.2) is 0 Å². The SMILES string of the molecule is CC(C)(C)c1cc2ccc3c(-c4ccc(-c5cccnc5)cc4)cc(-c4cccc(C5c6ccccc6-c6ccccc65)c4)c4ccc(c1)c2c34. The Bertz CT molecular complexity index is 2700. The molecule has 0 unspecified atom stereocenters. The van der Waals surface area contributed by atoms with Crippen LogP contribution in [0.5, 0.6) is 0 Å². The summed E-state index contributed by atoms with van der Waals surface area (Å²) in [5.41, 5.74) is 15.5. The van der Waals surface area contributed by atoms with Crippen molar-refractivity contribution in [2.45, 2.75) is 32.1 Å². The molecule has 0 bridgehead atoms. The Kier molecular flexibility index (Phi) is 6.57. The first-order valence-corrected chi connectivity index (χ1v) is 18.0. The number of rotatable bonds is 4. The van der Waals surface area contributed by atoms with Crippen molar-refractivity contribution in [1.82, 2.24) is 4.98 Å². The van der Waals surface area contributed by atoms with Crippen molar-refractivity contribution in [2.24, 2.45) is 0 Å². The summed E-state index contributed by atoms with van der Waals surface area (Å²) in [4.78, 5) is 4.36. The minimum absolute atomic E-state index is 0.0642.